The van der Waals surface area contributed by atoms with E-state index in [1.807, 2.05) is 107 Å². The van der Waals surface area contributed by atoms with Crippen molar-refractivity contribution in [2.45, 2.75) is 136 Å². The molecule has 0 aliphatic heterocycles. The molecule has 316 valence electrons. The highest BCUT2D eigenvalue weighted by Gasteiger charge is 2.21. The van der Waals surface area contributed by atoms with Gasteiger partial charge in [0.25, 0.3) is 0 Å². The molecular weight excluding hydrogens is 705 g/mol. The van der Waals surface area contributed by atoms with Crippen LogP contribution in [0.15, 0.2) is 158 Å². The van der Waals surface area contributed by atoms with Crippen LogP contribution < -0.4 is 9.47 Å². The fourth-order valence-electron chi connectivity index (χ4n) is 5.29. The molecule has 0 atom stereocenters. The minimum Gasteiger partial charge on any atom is -0.487 e. The molecule has 0 aliphatic rings. The van der Waals surface area contributed by atoms with E-state index in [0.717, 1.165) is 33.8 Å². The first kappa shape index (κ1) is 55.0. The van der Waals surface area contributed by atoms with Gasteiger partial charge in [0.15, 0.2) is 0 Å². The molecule has 58 heavy (non-hydrogen) atoms. The Morgan fingerprint density at radius 3 is 0.569 bits per heavy atom. The SMILES string of the molecule is CC.CC.CC.CC.CC.CC.CC(C)(C)Oc1c(-c2ccccc2)cccc1-c1ccccc1.CC(C)(C)Oc1c(-c2ccccc2)cccc1-c1ccccc1. The van der Waals surface area contributed by atoms with Crippen molar-refractivity contribution in [3.05, 3.63) is 158 Å². The molecule has 0 saturated carbocycles. The van der Waals surface area contributed by atoms with Crippen LogP contribution >= 0.6 is 0 Å². The highest BCUT2D eigenvalue weighted by Crippen LogP contribution is 2.42. The van der Waals surface area contributed by atoms with Crippen LogP contribution in [-0.4, -0.2) is 11.2 Å². The van der Waals surface area contributed by atoms with Crippen LogP contribution in [0.25, 0.3) is 44.5 Å². The average molecular weight is 785 g/mol. The maximum Gasteiger partial charge on any atom is 0.135 e. The van der Waals surface area contributed by atoms with Crippen molar-refractivity contribution >= 4 is 0 Å². The zero-order valence-electron chi connectivity index (χ0n) is 39.8. The third-order valence-corrected chi connectivity index (χ3v) is 7.19. The highest BCUT2D eigenvalue weighted by molar-refractivity contribution is 5.83. The molecule has 6 rings (SSSR count). The van der Waals surface area contributed by atoms with Gasteiger partial charge in [-0.05, 0) is 63.8 Å². The first-order valence-corrected chi connectivity index (χ1v) is 21.9. The van der Waals surface area contributed by atoms with Gasteiger partial charge >= 0.3 is 0 Å². The van der Waals surface area contributed by atoms with Gasteiger partial charge < -0.3 is 9.47 Å². The molecule has 0 heterocycles. The molecule has 0 N–H and O–H groups in total. The molecule has 0 fully saturated rings. The van der Waals surface area contributed by atoms with Crippen LogP contribution in [0.3, 0.4) is 0 Å². The van der Waals surface area contributed by atoms with Crippen LogP contribution in [0.4, 0.5) is 0 Å². The minimum atomic E-state index is -0.256. The van der Waals surface area contributed by atoms with E-state index in [9.17, 15) is 0 Å². The normalized spacial score (nSPS) is 9.55. The average Bonchev–Trinajstić information content (AvgIpc) is 3.28. The molecular formula is C56H80O2. The second kappa shape index (κ2) is 31.9. The predicted octanol–water partition coefficient (Wildman–Crippen LogP) is 18.6. The van der Waals surface area contributed by atoms with Crippen molar-refractivity contribution < 1.29 is 9.47 Å². The predicted molar refractivity (Wildman–Crippen MR) is 263 cm³/mol. The van der Waals surface area contributed by atoms with Gasteiger partial charge in [0.05, 0.1) is 0 Å². The number of hydrogen-bond acceptors (Lipinski definition) is 2. The van der Waals surface area contributed by atoms with Crippen LogP contribution in [0.5, 0.6) is 11.5 Å². The summed E-state index contributed by atoms with van der Waals surface area (Å²) in [5.74, 6) is 1.88. The van der Waals surface area contributed by atoms with Crippen molar-refractivity contribution in [2.75, 3.05) is 0 Å². The summed E-state index contributed by atoms with van der Waals surface area (Å²) in [6.45, 7) is 36.5. The summed E-state index contributed by atoms with van der Waals surface area (Å²) < 4.78 is 12.7. The van der Waals surface area contributed by atoms with Crippen molar-refractivity contribution in [2.24, 2.45) is 0 Å². The van der Waals surface area contributed by atoms with E-state index in [1.165, 1.54) is 22.3 Å². The molecule has 0 radical (unpaired) electrons. The van der Waals surface area contributed by atoms with E-state index in [2.05, 4.69) is 175 Å². The van der Waals surface area contributed by atoms with E-state index in [4.69, 9.17) is 9.47 Å². The Bertz CT molecular complexity index is 1560. The lowest BCUT2D eigenvalue weighted by molar-refractivity contribution is 0.132. The second-order valence-corrected chi connectivity index (χ2v) is 13.3. The van der Waals surface area contributed by atoms with Crippen molar-refractivity contribution in [3.63, 3.8) is 0 Å². The summed E-state index contributed by atoms with van der Waals surface area (Å²) in [6.07, 6.45) is 0. The van der Waals surface area contributed by atoms with E-state index < -0.39 is 0 Å². The molecule has 6 aromatic rings. The summed E-state index contributed by atoms with van der Waals surface area (Å²) >= 11 is 0. The first-order valence-electron chi connectivity index (χ1n) is 21.9. The van der Waals surface area contributed by atoms with E-state index in [0.29, 0.717) is 0 Å². The summed E-state index contributed by atoms with van der Waals surface area (Å²) in [5, 5.41) is 0. The number of rotatable bonds is 6. The first-order chi connectivity index (χ1) is 28.1. The third-order valence-electron chi connectivity index (χ3n) is 7.19. The van der Waals surface area contributed by atoms with E-state index >= 15 is 0 Å². The van der Waals surface area contributed by atoms with Crippen LogP contribution in [0.1, 0.15) is 125 Å². The Hall–Kier alpha value is -5.08. The maximum absolute atomic E-state index is 6.37. The van der Waals surface area contributed by atoms with Gasteiger partial charge in [0.2, 0.25) is 0 Å². The summed E-state index contributed by atoms with van der Waals surface area (Å²) in [5.41, 5.74) is 8.68. The topological polar surface area (TPSA) is 18.5 Å². The molecule has 0 bridgehead atoms. The number of benzene rings is 6. The lowest BCUT2D eigenvalue weighted by Crippen LogP contribution is -2.23. The van der Waals surface area contributed by atoms with Gasteiger partial charge in [-0.1, -0.05) is 241 Å². The minimum absolute atomic E-state index is 0.256. The lowest BCUT2D eigenvalue weighted by atomic mass is 9.97. The van der Waals surface area contributed by atoms with Crippen molar-refractivity contribution in [1.29, 1.82) is 0 Å². The molecule has 0 amide bonds. The zero-order chi connectivity index (χ0) is 44.6. The molecule has 0 aromatic heterocycles. The molecule has 0 aliphatic carbocycles. The Labute approximate surface area is 357 Å². The Balaban J connectivity index is 0. The molecule has 0 saturated heterocycles. The van der Waals surface area contributed by atoms with Gasteiger partial charge in [0.1, 0.15) is 22.7 Å². The smallest absolute Gasteiger partial charge is 0.135 e. The molecule has 2 nitrogen and oxygen atoms in total. The lowest BCUT2D eigenvalue weighted by Gasteiger charge is -2.26. The molecule has 2 heteroatoms. The molecule has 6 aromatic carbocycles. The number of hydrogen-bond donors (Lipinski definition) is 0. The summed E-state index contributed by atoms with van der Waals surface area (Å²) in [6, 6.07) is 54.3. The van der Waals surface area contributed by atoms with E-state index in [1.54, 1.807) is 0 Å². The van der Waals surface area contributed by atoms with Crippen molar-refractivity contribution in [3.8, 4) is 56.0 Å². The van der Waals surface area contributed by atoms with Crippen LogP contribution in [0, 0.1) is 0 Å². The Kier molecular flexibility index (Phi) is 30.3. The monoisotopic (exact) mass is 785 g/mol. The van der Waals surface area contributed by atoms with Crippen LogP contribution in [-0.2, 0) is 0 Å². The molecule has 0 unspecified atom stereocenters. The van der Waals surface area contributed by atoms with Crippen molar-refractivity contribution in [1.82, 2.24) is 0 Å². The third kappa shape index (κ3) is 19.4. The second-order valence-electron chi connectivity index (χ2n) is 13.3. The van der Waals surface area contributed by atoms with Gasteiger partial charge in [-0.15, -0.1) is 0 Å². The zero-order valence-corrected chi connectivity index (χ0v) is 39.8. The van der Waals surface area contributed by atoms with Gasteiger partial charge in [-0.25, -0.2) is 0 Å². The summed E-state index contributed by atoms with van der Waals surface area (Å²) in [4.78, 5) is 0. The highest BCUT2D eigenvalue weighted by atomic mass is 16.5. The standard InChI is InChI=1S/2C22H22O.6C2H6/c2*1-22(2,3)23-21-19(17-11-6-4-7-12-17)15-10-16-20(21)18-13-8-5-9-14-18;6*1-2/h2*4-16H,1-3H3;6*1-2H3. The van der Waals surface area contributed by atoms with E-state index in [-0.39, 0.29) is 11.2 Å². The maximum atomic E-state index is 6.37. The van der Waals surface area contributed by atoms with Gasteiger partial charge in [0, 0.05) is 22.3 Å². The number of ether oxygens (including phenoxy) is 2. The quantitative estimate of drug-likeness (QED) is 0.167. The fraction of sp³-hybridized carbons (Fsp3) is 0.357. The fourth-order valence-corrected chi connectivity index (χ4v) is 5.29. The largest absolute Gasteiger partial charge is 0.487 e. The Morgan fingerprint density at radius 2 is 0.414 bits per heavy atom. The summed E-state index contributed by atoms with van der Waals surface area (Å²) in [7, 11) is 0. The van der Waals surface area contributed by atoms with Crippen LogP contribution in [0.2, 0.25) is 0 Å². The Morgan fingerprint density at radius 1 is 0.241 bits per heavy atom. The van der Waals surface area contributed by atoms with Gasteiger partial charge in [-0.2, -0.15) is 0 Å². The molecule has 0 spiro atoms. The number of para-hydroxylation sites is 2. The van der Waals surface area contributed by atoms with Gasteiger partial charge in [-0.3, -0.25) is 0 Å².